The molecule has 0 N–H and O–H groups in total. The van der Waals surface area contributed by atoms with Gasteiger partial charge in [-0.3, -0.25) is 4.79 Å². The Morgan fingerprint density at radius 2 is 2.00 bits per heavy atom. The van der Waals surface area contributed by atoms with Crippen molar-refractivity contribution < 1.29 is 14.3 Å². The van der Waals surface area contributed by atoms with Gasteiger partial charge in [0.15, 0.2) is 5.78 Å². The van der Waals surface area contributed by atoms with Crippen LogP contribution in [0.2, 0.25) is 0 Å². The van der Waals surface area contributed by atoms with Crippen LogP contribution in [-0.4, -0.2) is 31.7 Å². The highest BCUT2D eigenvalue weighted by molar-refractivity contribution is 5.87. The molecule has 5 rings (SSSR count). The van der Waals surface area contributed by atoms with Gasteiger partial charge in [0.05, 0.1) is 25.9 Å². The maximum absolute atomic E-state index is 11.5. The van der Waals surface area contributed by atoms with Gasteiger partial charge < -0.3 is 9.47 Å². The molecule has 32 heavy (non-hydrogen) atoms. The van der Waals surface area contributed by atoms with Crippen LogP contribution in [0, 0.1) is 46.3 Å². The fraction of sp³-hybridized carbons (Fsp3) is 0.828. The summed E-state index contributed by atoms with van der Waals surface area (Å²) >= 11 is 0. The summed E-state index contributed by atoms with van der Waals surface area (Å²) in [6.45, 7) is 11.9. The Morgan fingerprint density at radius 1 is 1.19 bits per heavy atom. The van der Waals surface area contributed by atoms with Gasteiger partial charge in [-0.25, -0.2) is 0 Å². The van der Waals surface area contributed by atoms with Crippen LogP contribution in [0.4, 0.5) is 0 Å². The molecule has 4 fully saturated rings. The quantitative estimate of drug-likeness (QED) is 0.355. The van der Waals surface area contributed by atoms with Crippen LogP contribution >= 0.6 is 0 Å². The Bertz CT molecular complexity index is 779. The Balaban J connectivity index is 1.28. The van der Waals surface area contributed by atoms with Crippen LogP contribution in [0.25, 0.3) is 0 Å². The fourth-order valence-electron chi connectivity index (χ4n) is 8.75. The number of hydrogen-bond donors (Lipinski definition) is 0. The van der Waals surface area contributed by atoms with Crippen LogP contribution in [-0.2, 0) is 14.3 Å². The van der Waals surface area contributed by atoms with Crippen LogP contribution in [0.5, 0.6) is 0 Å². The smallest absolute Gasteiger partial charge is 0.152 e. The number of hydrogen-bond acceptors (Lipinski definition) is 3. The minimum absolute atomic E-state index is 0.179. The van der Waals surface area contributed by atoms with Gasteiger partial charge in [-0.1, -0.05) is 38.5 Å². The van der Waals surface area contributed by atoms with Crippen molar-refractivity contribution in [1.29, 1.82) is 0 Å². The van der Waals surface area contributed by atoms with Crippen LogP contribution in [0.15, 0.2) is 23.8 Å². The summed E-state index contributed by atoms with van der Waals surface area (Å²) in [5, 5.41) is 0. The van der Waals surface area contributed by atoms with Crippen molar-refractivity contribution in [3.63, 3.8) is 0 Å². The van der Waals surface area contributed by atoms with Gasteiger partial charge in [0.25, 0.3) is 0 Å². The number of allylic oxidation sites excluding steroid dienone is 3. The van der Waals surface area contributed by atoms with Crippen molar-refractivity contribution in [2.75, 3.05) is 19.8 Å². The molecular weight excluding hydrogens is 396 g/mol. The molecule has 4 aliphatic carbocycles. The molecule has 178 valence electrons. The molecule has 0 spiro atoms. The highest BCUT2D eigenvalue weighted by Crippen LogP contribution is 2.67. The minimum atomic E-state index is 0.179. The van der Waals surface area contributed by atoms with Gasteiger partial charge in [-0.15, -0.1) is 0 Å². The third-order valence-electron chi connectivity index (χ3n) is 10.7. The molecule has 3 heteroatoms. The van der Waals surface area contributed by atoms with Crippen LogP contribution in [0.1, 0.15) is 79.1 Å². The van der Waals surface area contributed by atoms with Gasteiger partial charge in [0, 0.05) is 5.92 Å². The molecule has 0 aromatic heterocycles. The molecule has 0 bridgehead atoms. The molecule has 8 atom stereocenters. The second-order valence-corrected chi connectivity index (χ2v) is 12.4. The van der Waals surface area contributed by atoms with E-state index >= 15 is 0 Å². The number of ether oxygens (including phenoxy) is 2. The summed E-state index contributed by atoms with van der Waals surface area (Å²) in [6, 6.07) is 0. The molecule has 3 nitrogen and oxygen atoms in total. The zero-order chi connectivity index (χ0) is 22.5. The Morgan fingerprint density at radius 3 is 2.72 bits per heavy atom. The number of carbonyl (C=O) groups excluding carboxylic acids is 1. The first-order valence-electron chi connectivity index (χ1n) is 13.4. The van der Waals surface area contributed by atoms with E-state index in [1.54, 1.807) is 12.5 Å². The second-order valence-electron chi connectivity index (χ2n) is 12.4. The van der Waals surface area contributed by atoms with Gasteiger partial charge in [0.2, 0.25) is 0 Å². The SMILES string of the molecule is CC(=O)/C=C/[C@@H](C)[C@H]1CC[C@H]2[C@@H]3CC=C4C[C@@H](OCC5COC5)CC[C@]4(C)[C@H]3CC[C@]12C. The van der Waals surface area contributed by atoms with Gasteiger partial charge >= 0.3 is 0 Å². The average molecular weight is 441 g/mol. The lowest BCUT2D eigenvalue weighted by molar-refractivity contribution is -0.112. The molecule has 5 aliphatic rings. The number of ketones is 1. The fourth-order valence-corrected chi connectivity index (χ4v) is 8.75. The summed E-state index contributed by atoms with van der Waals surface area (Å²) in [5.74, 6) is 4.59. The predicted molar refractivity (Wildman–Crippen MR) is 128 cm³/mol. The summed E-state index contributed by atoms with van der Waals surface area (Å²) < 4.78 is 11.6. The van der Waals surface area contributed by atoms with Gasteiger partial charge in [-0.05, 0) is 105 Å². The van der Waals surface area contributed by atoms with Crippen molar-refractivity contribution in [3.8, 4) is 0 Å². The van der Waals surface area contributed by atoms with E-state index in [-0.39, 0.29) is 5.78 Å². The Labute approximate surface area is 195 Å². The molecule has 3 saturated carbocycles. The predicted octanol–water partition coefficient (Wildman–Crippen LogP) is 6.38. The summed E-state index contributed by atoms with van der Waals surface area (Å²) in [4.78, 5) is 11.5. The lowest BCUT2D eigenvalue weighted by atomic mass is 9.47. The zero-order valence-corrected chi connectivity index (χ0v) is 20.8. The third-order valence-corrected chi connectivity index (χ3v) is 10.7. The highest BCUT2D eigenvalue weighted by atomic mass is 16.5. The van der Waals surface area contributed by atoms with Crippen molar-refractivity contribution in [2.24, 2.45) is 46.3 Å². The summed E-state index contributed by atoms with van der Waals surface area (Å²) in [6.07, 6.45) is 17.5. The Kier molecular flexibility index (Phi) is 6.20. The van der Waals surface area contributed by atoms with E-state index in [0.717, 1.165) is 49.9 Å². The number of carbonyl (C=O) groups is 1. The average Bonchev–Trinajstić information content (AvgIpc) is 3.08. The standard InChI is InChI=1S/C29H44O3/c1-19(5-6-20(2)30)25-9-10-26-24-8-7-22-15-23(32-18-21-16-31-17-21)11-13-28(22,3)27(24)12-14-29(25,26)4/h5-7,19,21,23-27H,8-18H2,1-4H3/b6-5+/t19-,23+,24+,25-,26+,27+,28+,29-/m1/s1. The van der Waals surface area contributed by atoms with Crippen LogP contribution in [0.3, 0.4) is 0 Å². The molecule has 0 aromatic carbocycles. The molecule has 1 saturated heterocycles. The van der Waals surface area contributed by atoms with Crippen molar-refractivity contribution >= 4 is 5.78 Å². The maximum atomic E-state index is 11.5. The molecular formula is C29H44O3. The molecule has 0 unspecified atom stereocenters. The Hall–Kier alpha value is -0.930. The monoisotopic (exact) mass is 440 g/mol. The molecule has 1 heterocycles. The first-order chi connectivity index (χ1) is 15.3. The van der Waals surface area contributed by atoms with E-state index in [2.05, 4.69) is 32.9 Å². The molecule has 0 aromatic rings. The van der Waals surface area contributed by atoms with Crippen molar-refractivity contribution in [2.45, 2.75) is 85.2 Å². The first-order valence-corrected chi connectivity index (χ1v) is 13.4. The lowest BCUT2D eigenvalue weighted by Crippen LogP contribution is -2.51. The lowest BCUT2D eigenvalue weighted by Gasteiger charge is -2.58. The minimum Gasteiger partial charge on any atom is -0.381 e. The number of rotatable bonds is 6. The van der Waals surface area contributed by atoms with E-state index in [1.807, 2.05) is 6.08 Å². The molecule has 0 amide bonds. The normalized spacial score (nSPS) is 44.9. The first kappa shape index (κ1) is 22.8. The largest absolute Gasteiger partial charge is 0.381 e. The van der Waals surface area contributed by atoms with Gasteiger partial charge in [0.1, 0.15) is 0 Å². The maximum Gasteiger partial charge on any atom is 0.152 e. The summed E-state index contributed by atoms with van der Waals surface area (Å²) in [5.41, 5.74) is 2.55. The third kappa shape index (κ3) is 3.86. The topological polar surface area (TPSA) is 35.5 Å². The van der Waals surface area contributed by atoms with Crippen LogP contribution < -0.4 is 0 Å². The highest BCUT2D eigenvalue weighted by Gasteiger charge is 2.59. The summed E-state index contributed by atoms with van der Waals surface area (Å²) in [7, 11) is 0. The molecule has 1 aliphatic heterocycles. The zero-order valence-electron chi connectivity index (χ0n) is 20.8. The van der Waals surface area contributed by atoms with Crippen molar-refractivity contribution in [1.82, 2.24) is 0 Å². The van der Waals surface area contributed by atoms with E-state index in [9.17, 15) is 4.79 Å². The number of fused-ring (bicyclic) bond motifs is 5. The van der Waals surface area contributed by atoms with Gasteiger partial charge in [-0.2, -0.15) is 0 Å². The molecule has 0 radical (unpaired) electrons. The van der Waals surface area contributed by atoms with E-state index in [0.29, 0.717) is 28.8 Å². The van der Waals surface area contributed by atoms with E-state index in [4.69, 9.17) is 9.47 Å². The van der Waals surface area contributed by atoms with Crippen molar-refractivity contribution in [3.05, 3.63) is 23.8 Å². The van der Waals surface area contributed by atoms with E-state index in [1.165, 1.54) is 44.9 Å². The van der Waals surface area contributed by atoms with E-state index < -0.39 is 0 Å². The second kappa shape index (κ2) is 8.69.